The van der Waals surface area contributed by atoms with Crippen molar-refractivity contribution in [2.75, 3.05) is 37.7 Å². The number of aromatic nitrogens is 1. The van der Waals surface area contributed by atoms with Gasteiger partial charge in [-0.2, -0.15) is 0 Å². The highest BCUT2D eigenvalue weighted by Crippen LogP contribution is 2.31. The maximum absolute atomic E-state index is 5.73. The fraction of sp³-hybridized carbons (Fsp3) is 0.562. The number of nitrogens with zero attached hydrogens (tertiary/aromatic N) is 3. The van der Waals surface area contributed by atoms with E-state index in [1.165, 1.54) is 28.5 Å². The van der Waals surface area contributed by atoms with Crippen molar-refractivity contribution in [1.29, 1.82) is 0 Å². The second-order valence-corrected chi connectivity index (χ2v) is 7.76. The molecule has 1 atom stereocenters. The monoisotopic (exact) mass is 335 g/mol. The van der Waals surface area contributed by atoms with Crippen molar-refractivity contribution in [2.24, 2.45) is 0 Å². The zero-order valence-electron chi connectivity index (χ0n) is 12.6. The number of hydrogen-bond donors (Lipinski definition) is 0. The molecule has 2 saturated heterocycles. The van der Waals surface area contributed by atoms with E-state index in [2.05, 4.69) is 32.7 Å². The van der Waals surface area contributed by atoms with Gasteiger partial charge in [0.25, 0.3) is 0 Å². The lowest BCUT2D eigenvalue weighted by atomic mass is 10.1. The SMILES string of the molecule is c1csc(CN2CCOC[C@@H]2c2csc(N3CCCC3)n2)c1. The molecule has 2 aromatic heterocycles. The summed E-state index contributed by atoms with van der Waals surface area (Å²) >= 11 is 3.62. The quantitative estimate of drug-likeness (QED) is 0.856. The molecule has 2 aliphatic heterocycles. The Labute approximate surface area is 139 Å². The molecule has 0 N–H and O–H groups in total. The van der Waals surface area contributed by atoms with E-state index >= 15 is 0 Å². The van der Waals surface area contributed by atoms with Crippen molar-refractivity contribution in [3.63, 3.8) is 0 Å². The molecule has 2 fully saturated rings. The van der Waals surface area contributed by atoms with E-state index in [1.807, 2.05) is 11.3 Å². The first-order chi connectivity index (χ1) is 10.9. The highest BCUT2D eigenvalue weighted by molar-refractivity contribution is 7.13. The van der Waals surface area contributed by atoms with Crippen LogP contribution in [0.5, 0.6) is 0 Å². The van der Waals surface area contributed by atoms with Gasteiger partial charge in [0.05, 0.1) is 24.9 Å². The average molecular weight is 335 g/mol. The summed E-state index contributed by atoms with van der Waals surface area (Å²) in [6.45, 7) is 5.89. The van der Waals surface area contributed by atoms with Crippen LogP contribution in [0.4, 0.5) is 5.13 Å². The summed E-state index contributed by atoms with van der Waals surface area (Å²) in [4.78, 5) is 11.3. The van der Waals surface area contributed by atoms with Crippen LogP contribution < -0.4 is 4.90 Å². The minimum atomic E-state index is 0.295. The number of ether oxygens (including phenoxy) is 1. The summed E-state index contributed by atoms with van der Waals surface area (Å²) in [5.41, 5.74) is 1.18. The Morgan fingerprint density at radius 2 is 2.14 bits per heavy atom. The molecule has 2 aliphatic rings. The molecule has 0 spiro atoms. The van der Waals surface area contributed by atoms with Crippen LogP contribution in [-0.2, 0) is 11.3 Å². The number of thiophene rings is 1. The van der Waals surface area contributed by atoms with Gasteiger partial charge in [0.15, 0.2) is 5.13 Å². The molecule has 2 aromatic rings. The molecule has 4 heterocycles. The van der Waals surface area contributed by atoms with Crippen LogP contribution in [-0.4, -0.2) is 42.7 Å². The van der Waals surface area contributed by atoms with Crippen LogP contribution in [0, 0.1) is 0 Å². The van der Waals surface area contributed by atoms with E-state index in [4.69, 9.17) is 9.72 Å². The molecule has 0 aliphatic carbocycles. The van der Waals surface area contributed by atoms with E-state index in [9.17, 15) is 0 Å². The maximum atomic E-state index is 5.73. The summed E-state index contributed by atoms with van der Waals surface area (Å²) in [7, 11) is 0. The molecule has 6 heteroatoms. The average Bonchev–Trinajstić information content (AvgIpc) is 3.30. The fourth-order valence-electron chi connectivity index (χ4n) is 3.19. The highest BCUT2D eigenvalue weighted by Gasteiger charge is 2.28. The summed E-state index contributed by atoms with van der Waals surface area (Å²) in [6.07, 6.45) is 2.60. The number of anilines is 1. The molecule has 0 bridgehead atoms. The number of hydrogen-bond acceptors (Lipinski definition) is 6. The lowest BCUT2D eigenvalue weighted by Gasteiger charge is -2.34. The molecule has 0 aromatic carbocycles. The van der Waals surface area contributed by atoms with E-state index in [-0.39, 0.29) is 0 Å². The van der Waals surface area contributed by atoms with Gasteiger partial charge in [-0.05, 0) is 24.3 Å². The van der Waals surface area contributed by atoms with Crippen molar-refractivity contribution in [3.05, 3.63) is 33.5 Å². The van der Waals surface area contributed by atoms with Crippen molar-refractivity contribution < 1.29 is 4.74 Å². The Morgan fingerprint density at radius 1 is 1.23 bits per heavy atom. The fourth-order valence-corrected chi connectivity index (χ4v) is 4.84. The van der Waals surface area contributed by atoms with Gasteiger partial charge in [-0.15, -0.1) is 22.7 Å². The Kier molecular flexibility index (Phi) is 4.43. The Hall–Kier alpha value is -0.950. The lowest BCUT2D eigenvalue weighted by Crippen LogP contribution is -2.39. The van der Waals surface area contributed by atoms with Crippen LogP contribution in [0.3, 0.4) is 0 Å². The van der Waals surface area contributed by atoms with Gasteiger partial charge < -0.3 is 9.64 Å². The molecule has 0 unspecified atom stereocenters. The normalized spacial score (nSPS) is 23.3. The zero-order chi connectivity index (χ0) is 14.8. The molecular weight excluding hydrogens is 314 g/mol. The smallest absolute Gasteiger partial charge is 0.185 e. The molecule has 0 saturated carbocycles. The second kappa shape index (κ2) is 6.66. The lowest BCUT2D eigenvalue weighted by molar-refractivity contribution is -0.0135. The Morgan fingerprint density at radius 3 is 2.95 bits per heavy atom. The van der Waals surface area contributed by atoms with Crippen LogP contribution in [0.25, 0.3) is 0 Å². The summed E-state index contributed by atoms with van der Waals surface area (Å²) in [5, 5.41) is 5.57. The highest BCUT2D eigenvalue weighted by atomic mass is 32.1. The minimum absolute atomic E-state index is 0.295. The molecule has 4 nitrogen and oxygen atoms in total. The van der Waals surface area contributed by atoms with Crippen LogP contribution in [0.2, 0.25) is 0 Å². The number of rotatable bonds is 4. The third-order valence-electron chi connectivity index (χ3n) is 4.41. The molecule has 22 heavy (non-hydrogen) atoms. The second-order valence-electron chi connectivity index (χ2n) is 5.89. The summed E-state index contributed by atoms with van der Waals surface area (Å²) in [5.74, 6) is 0. The van der Waals surface area contributed by atoms with Gasteiger partial charge in [-0.3, -0.25) is 4.90 Å². The van der Waals surface area contributed by atoms with Gasteiger partial charge in [0, 0.05) is 36.4 Å². The predicted molar refractivity (Wildman–Crippen MR) is 91.9 cm³/mol. The third-order valence-corrected chi connectivity index (χ3v) is 6.19. The minimum Gasteiger partial charge on any atom is -0.378 e. The first-order valence-electron chi connectivity index (χ1n) is 7.95. The van der Waals surface area contributed by atoms with Gasteiger partial charge in [-0.1, -0.05) is 6.07 Å². The van der Waals surface area contributed by atoms with Gasteiger partial charge in [-0.25, -0.2) is 4.98 Å². The maximum Gasteiger partial charge on any atom is 0.185 e. The third kappa shape index (κ3) is 3.06. The van der Waals surface area contributed by atoms with Crippen LogP contribution in [0.15, 0.2) is 22.9 Å². The number of thiazole rings is 1. The summed E-state index contributed by atoms with van der Waals surface area (Å²) < 4.78 is 5.73. The zero-order valence-corrected chi connectivity index (χ0v) is 14.2. The topological polar surface area (TPSA) is 28.6 Å². The van der Waals surface area contributed by atoms with Crippen molar-refractivity contribution in [3.8, 4) is 0 Å². The summed E-state index contributed by atoms with van der Waals surface area (Å²) in [6, 6.07) is 4.64. The van der Waals surface area contributed by atoms with E-state index in [1.54, 1.807) is 11.3 Å². The molecular formula is C16H21N3OS2. The first-order valence-corrected chi connectivity index (χ1v) is 9.70. The molecule has 118 valence electrons. The first kappa shape index (κ1) is 14.6. The van der Waals surface area contributed by atoms with Crippen molar-refractivity contribution in [2.45, 2.75) is 25.4 Å². The van der Waals surface area contributed by atoms with Crippen LogP contribution in [0.1, 0.15) is 29.5 Å². The predicted octanol–water partition coefficient (Wildman–Crippen LogP) is 3.38. The van der Waals surface area contributed by atoms with Gasteiger partial charge >= 0.3 is 0 Å². The van der Waals surface area contributed by atoms with E-state index in [0.29, 0.717) is 6.04 Å². The van der Waals surface area contributed by atoms with Gasteiger partial charge in [0.2, 0.25) is 0 Å². The van der Waals surface area contributed by atoms with Crippen LogP contribution >= 0.6 is 22.7 Å². The molecule has 0 radical (unpaired) electrons. The van der Waals surface area contributed by atoms with E-state index in [0.717, 1.165) is 39.4 Å². The Balaban J connectivity index is 1.51. The molecule has 0 amide bonds. The molecule has 4 rings (SSSR count). The van der Waals surface area contributed by atoms with Crippen molar-refractivity contribution in [1.82, 2.24) is 9.88 Å². The standard InChI is InChI=1S/C16H21N3OS2/c1-2-6-18(5-1)16-17-14(12-22-16)15-11-20-8-7-19(15)10-13-4-3-9-21-13/h3-4,9,12,15H,1-2,5-8,10-11H2/t15-/m1/s1. The number of morpholine rings is 1. The Bertz CT molecular complexity index is 592. The van der Waals surface area contributed by atoms with Gasteiger partial charge in [0.1, 0.15) is 0 Å². The largest absolute Gasteiger partial charge is 0.378 e. The van der Waals surface area contributed by atoms with E-state index < -0.39 is 0 Å². The van der Waals surface area contributed by atoms with Crippen molar-refractivity contribution >= 4 is 27.8 Å².